The molecule has 2 rings (SSSR count). The monoisotopic (exact) mass is 273 g/mol. The highest BCUT2D eigenvalue weighted by Gasteiger charge is 2.34. The van der Waals surface area contributed by atoms with Gasteiger partial charge < -0.3 is 5.11 Å². The van der Waals surface area contributed by atoms with Gasteiger partial charge in [0.2, 0.25) is 0 Å². The highest BCUT2D eigenvalue weighted by molar-refractivity contribution is 7.13. The Balaban J connectivity index is 2.65. The van der Waals surface area contributed by atoms with Gasteiger partial charge in [-0.15, -0.1) is 11.3 Å². The summed E-state index contributed by atoms with van der Waals surface area (Å²) in [5, 5.41) is 8.87. The second-order valence-electron chi connectivity index (χ2n) is 3.38. The molecule has 94 valence electrons. The van der Waals surface area contributed by atoms with Crippen molar-refractivity contribution >= 4 is 17.3 Å². The van der Waals surface area contributed by atoms with Gasteiger partial charge in [0.15, 0.2) is 5.69 Å². The maximum absolute atomic E-state index is 12.8. The number of carbonyl (C=O) groups is 1. The third-order valence-electron chi connectivity index (χ3n) is 2.25. The highest BCUT2D eigenvalue weighted by Crippen LogP contribution is 2.39. The lowest BCUT2D eigenvalue weighted by molar-refractivity contribution is -0.137. The van der Waals surface area contributed by atoms with Gasteiger partial charge in [0, 0.05) is 5.56 Å². The van der Waals surface area contributed by atoms with Gasteiger partial charge in [-0.25, -0.2) is 9.78 Å². The SMILES string of the molecule is O=C(O)c1ncsc1-c1ccccc1C(F)(F)F. The van der Waals surface area contributed by atoms with Crippen molar-refractivity contribution in [1.29, 1.82) is 0 Å². The van der Waals surface area contributed by atoms with Crippen LogP contribution in [-0.2, 0) is 6.18 Å². The molecule has 1 aromatic carbocycles. The van der Waals surface area contributed by atoms with E-state index in [2.05, 4.69) is 4.98 Å². The third kappa shape index (κ3) is 2.21. The number of halogens is 3. The molecule has 0 saturated heterocycles. The Kier molecular flexibility index (Phi) is 3.08. The molecule has 0 radical (unpaired) electrons. The number of carboxylic acid groups (broad SMARTS) is 1. The normalized spacial score (nSPS) is 11.5. The number of nitrogens with zero attached hydrogens (tertiary/aromatic N) is 1. The predicted octanol–water partition coefficient (Wildman–Crippen LogP) is 3.53. The molecule has 0 fully saturated rings. The van der Waals surface area contributed by atoms with Crippen LogP contribution in [0.25, 0.3) is 10.4 Å². The lowest BCUT2D eigenvalue weighted by Crippen LogP contribution is -2.08. The van der Waals surface area contributed by atoms with Crippen molar-refractivity contribution in [1.82, 2.24) is 4.98 Å². The zero-order valence-electron chi connectivity index (χ0n) is 8.73. The molecule has 0 bridgehead atoms. The van der Waals surface area contributed by atoms with Gasteiger partial charge in [0.1, 0.15) is 0 Å². The predicted molar refractivity (Wildman–Crippen MR) is 59.5 cm³/mol. The molecule has 2 aromatic rings. The number of benzene rings is 1. The van der Waals surface area contributed by atoms with Gasteiger partial charge in [-0.1, -0.05) is 18.2 Å². The summed E-state index contributed by atoms with van der Waals surface area (Å²) in [6.07, 6.45) is -4.53. The molecule has 1 aromatic heterocycles. The number of alkyl halides is 3. The Morgan fingerprint density at radius 3 is 2.56 bits per heavy atom. The summed E-state index contributed by atoms with van der Waals surface area (Å²) in [4.78, 5) is 14.5. The molecule has 0 aliphatic heterocycles. The Morgan fingerprint density at radius 2 is 1.94 bits per heavy atom. The first kappa shape index (κ1) is 12.6. The average Bonchev–Trinajstić information content (AvgIpc) is 2.76. The van der Waals surface area contributed by atoms with E-state index in [4.69, 9.17) is 5.11 Å². The minimum Gasteiger partial charge on any atom is -0.476 e. The zero-order chi connectivity index (χ0) is 13.3. The number of rotatable bonds is 2. The van der Waals surface area contributed by atoms with E-state index in [1.54, 1.807) is 0 Å². The summed E-state index contributed by atoms with van der Waals surface area (Å²) in [5.74, 6) is -1.34. The van der Waals surface area contributed by atoms with Crippen LogP contribution in [0.1, 0.15) is 16.1 Å². The lowest BCUT2D eigenvalue weighted by Gasteiger charge is -2.11. The maximum Gasteiger partial charge on any atom is 0.417 e. The van der Waals surface area contributed by atoms with Crippen molar-refractivity contribution in [2.24, 2.45) is 0 Å². The van der Waals surface area contributed by atoms with Crippen LogP contribution in [0.2, 0.25) is 0 Å². The molecular formula is C11H6F3NO2S. The molecule has 0 amide bonds. The maximum atomic E-state index is 12.8. The van der Waals surface area contributed by atoms with E-state index < -0.39 is 17.7 Å². The van der Waals surface area contributed by atoms with E-state index in [9.17, 15) is 18.0 Å². The number of hydrogen-bond acceptors (Lipinski definition) is 3. The Hall–Kier alpha value is -1.89. The molecule has 0 spiro atoms. The van der Waals surface area contributed by atoms with Gasteiger partial charge in [-0.3, -0.25) is 0 Å². The minimum absolute atomic E-state index is 0.00965. The summed E-state index contributed by atoms with van der Waals surface area (Å²) in [7, 11) is 0. The van der Waals surface area contributed by atoms with Crippen molar-refractivity contribution in [3.05, 3.63) is 41.0 Å². The smallest absolute Gasteiger partial charge is 0.417 e. The van der Waals surface area contributed by atoms with Crippen LogP contribution < -0.4 is 0 Å². The topological polar surface area (TPSA) is 50.2 Å². The largest absolute Gasteiger partial charge is 0.476 e. The molecule has 3 nitrogen and oxygen atoms in total. The fourth-order valence-electron chi connectivity index (χ4n) is 1.52. The molecule has 0 saturated carbocycles. The van der Waals surface area contributed by atoms with Crippen LogP contribution in [-0.4, -0.2) is 16.1 Å². The van der Waals surface area contributed by atoms with Crippen molar-refractivity contribution in [2.75, 3.05) is 0 Å². The van der Waals surface area contributed by atoms with Crippen molar-refractivity contribution in [2.45, 2.75) is 6.18 Å². The second kappa shape index (κ2) is 4.41. The summed E-state index contributed by atoms with van der Waals surface area (Å²) in [5.41, 5.74) is -0.176. The van der Waals surface area contributed by atoms with Gasteiger partial charge in [0.05, 0.1) is 16.0 Å². The molecule has 0 aliphatic rings. The van der Waals surface area contributed by atoms with Gasteiger partial charge in [0.25, 0.3) is 0 Å². The van der Waals surface area contributed by atoms with Crippen LogP contribution in [0, 0.1) is 0 Å². The number of aromatic nitrogens is 1. The van der Waals surface area contributed by atoms with E-state index >= 15 is 0 Å². The van der Waals surface area contributed by atoms with Gasteiger partial charge in [-0.2, -0.15) is 13.2 Å². The molecule has 0 atom stereocenters. The van der Waals surface area contributed by atoms with Crippen LogP contribution in [0.4, 0.5) is 13.2 Å². The first-order valence-corrected chi connectivity index (χ1v) is 5.62. The van der Waals surface area contributed by atoms with E-state index in [1.807, 2.05) is 0 Å². The molecule has 1 N–H and O–H groups in total. The third-order valence-corrected chi connectivity index (χ3v) is 3.11. The Bertz CT molecular complexity index is 592. The number of hydrogen-bond donors (Lipinski definition) is 1. The van der Waals surface area contributed by atoms with Crippen LogP contribution in [0.3, 0.4) is 0 Å². The van der Waals surface area contributed by atoms with E-state index in [0.717, 1.165) is 17.4 Å². The van der Waals surface area contributed by atoms with Gasteiger partial charge >= 0.3 is 12.1 Å². The summed E-state index contributed by atoms with van der Waals surface area (Å²) in [6.45, 7) is 0. The fraction of sp³-hybridized carbons (Fsp3) is 0.0909. The lowest BCUT2D eigenvalue weighted by atomic mass is 10.0. The zero-order valence-corrected chi connectivity index (χ0v) is 9.55. The molecule has 7 heteroatoms. The number of carboxylic acids is 1. The Morgan fingerprint density at radius 1 is 1.28 bits per heavy atom. The van der Waals surface area contributed by atoms with Crippen LogP contribution in [0.15, 0.2) is 29.8 Å². The second-order valence-corrected chi connectivity index (χ2v) is 4.23. The summed E-state index contributed by atoms with van der Waals surface area (Å²) in [6, 6.07) is 4.84. The van der Waals surface area contributed by atoms with E-state index in [1.165, 1.54) is 23.7 Å². The quantitative estimate of drug-likeness (QED) is 0.910. The molecule has 0 unspecified atom stereocenters. The first-order valence-electron chi connectivity index (χ1n) is 4.74. The molecular weight excluding hydrogens is 267 g/mol. The van der Waals surface area contributed by atoms with Gasteiger partial charge in [-0.05, 0) is 6.07 Å². The first-order chi connectivity index (χ1) is 8.41. The van der Waals surface area contributed by atoms with Crippen molar-refractivity contribution < 1.29 is 23.1 Å². The minimum atomic E-state index is -4.53. The Labute approximate surface area is 104 Å². The molecule has 18 heavy (non-hydrogen) atoms. The number of aromatic carboxylic acids is 1. The van der Waals surface area contributed by atoms with Crippen LogP contribution in [0.5, 0.6) is 0 Å². The molecule has 1 heterocycles. The highest BCUT2D eigenvalue weighted by atomic mass is 32.1. The summed E-state index contributed by atoms with van der Waals surface area (Å²) < 4.78 is 38.4. The van der Waals surface area contributed by atoms with Crippen LogP contribution >= 0.6 is 11.3 Å². The summed E-state index contributed by atoms with van der Waals surface area (Å²) >= 11 is 0.869. The molecule has 0 aliphatic carbocycles. The standard InChI is InChI=1S/C11H6F3NO2S/c12-11(13,14)7-4-2-1-3-6(7)9-8(10(16)17)15-5-18-9/h1-5H,(H,16,17). The van der Waals surface area contributed by atoms with Crippen molar-refractivity contribution in [3.63, 3.8) is 0 Å². The van der Waals surface area contributed by atoms with E-state index in [0.29, 0.717) is 0 Å². The fourth-order valence-corrected chi connectivity index (χ4v) is 2.34. The van der Waals surface area contributed by atoms with Crippen molar-refractivity contribution in [3.8, 4) is 10.4 Å². The number of thiazole rings is 1. The van der Waals surface area contributed by atoms with E-state index in [-0.39, 0.29) is 16.1 Å². The average molecular weight is 273 g/mol.